The Morgan fingerprint density at radius 3 is 1.25 bits per heavy atom. The van der Waals surface area contributed by atoms with Crippen molar-refractivity contribution in [2.45, 2.75) is 21.0 Å². The van der Waals surface area contributed by atoms with Crippen LogP contribution in [0.3, 0.4) is 0 Å². The van der Waals surface area contributed by atoms with Crippen molar-refractivity contribution in [1.82, 2.24) is 0 Å². The Balaban J connectivity index is 3.27. The molecule has 0 spiro atoms. The van der Waals surface area contributed by atoms with Crippen LogP contribution in [0.25, 0.3) is 0 Å². The van der Waals surface area contributed by atoms with Crippen LogP contribution in [0, 0.1) is 0 Å². The Labute approximate surface area is 109 Å². The third kappa shape index (κ3) is 2.05. The fraction of sp³-hybridized carbons (Fsp3) is 0.500. The zero-order valence-corrected chi connectivity index (χ0v) is 10.4. The summed E-state index contributed by atoms with van der Waals surface area (Å²) in [4.78, 5) is -3.86. The second kappa shape index (κ2) is 4.56. The van der Waals surface area contributed by atoms with Crippen LogP contribution < -0.4 is 0 Å². The Hall–Kier alpha value is 0.360. The molecule has 1 aliphatic carbocycles. The summed E-state index contributed by atoms with van der Waals surface area (Å²) in [5, 5.41) is 0. The van der Waals surface area contributed by atoms with E-state index in [1.165, 1.54) is 0 Å². The van der Waals surface area contributed by atoms with Gasteiger partial charge >= 0.3 is 0 Å². The summed E-state index contributed by atoms with van der Waals surface area (Å²) in [5.74, 6) is -4.14. The van der Waals surface area contributed by atoms with Gasteiger partial charge in [0, 0.05) is 0 Å². The first-order valence-electron chi connectivity index (χ1n) is 3.87. The standard InChI is InChI=1S/C8H4Cl4F4/c9-5(10)7(15)1-2-8(16,6(11)12)4(14)3(7)13/h1-2,5-6H. The van der Waals surface area contributed by atoms with Crippen LogP contribution in [0.5, 0.6) is 0 Å². The first kappa shape index (κ1) is 14.4. The van der Waals surface area contributed by atoms with E-state index in [0.29, 0.717) is 12.2 Å². The van der Waals surface area contributed by atoms with Gasteiger partial charge in [0.25, 0.3) is 0 Å². The van der Waals surface area contributed by atoms with Crippen LogP contribution in [-0.4, -0.2) is 21.0 Å². The van der Waals surface area contributed by atoms with Crippen molar-refractivity contribution < 1.29 is 17.6 Å². The summed E-state index contributed by atoms with van der Waals surface area (Å²) in [5.41, 5.74) is -6.24. The van der Waals surface area contributed by atoms with E-state index in [9.17, 15) is 17.6 Å². The minimum atomic E-state index is -3.12. The molecule has 0 saturated carbocycles. The molecule has 0 aliphatic heterocycles. The fourth-order valence-electron chi connectivity index (χ4n) is 1.06. The molecule has 0 nitrogen and oxygen atoms in total. The third-order valence-electron chi connectivity index (χ3n) is 2.07. The molecule has 0 N–H and O–H groups in total. The lowest BCUT2D eigenvalue weighted by Crippen LogP contribution is -2.41. The molecule has 1 aliphatic rings. The minimum absolute atomic E-state index is 0.355. The molecular formula is C8H4Cl4F4. The monoisotopic (exact) mass is 316 g/mol. The molecule has 8 heteroatoms. The van der Waals surface area contributed by atoms with Gasteiger partial charge in [-0.1, -0.05) is 0 Å². The van der Waals surface area contributed by atoms with Crippen molar-refractivity contribution in [3.05, 3.63) is 23.8 Å². The first-order chi connectivity index (χ1) is 7.16. The van der Waals surface area contributed by atoms with Crippen LogP contribution in [0.2, 0.25) is 0 Å². The van der Waals surface area contributed by atoms with Gasteiger partial charge in [-0.2, -0.15) is 0 Å². The number of rotatable bonds is 2. The van der Waals surface area contributed by atoms with Crippen LogP contribution in [0.4, 0.5) is 17.6 Å². The second-order valence-electron chi connectivity index (χ2n) is 3.10. The molecule has 0 aromatic heterocycles. The maximum absolute atomic E-state index is 13.7. The average molecular weight is 318 g/mol. The van der Waals surface area contributed by atoms with Gasteiger partial charge in [0.15, 0.2) is 21.3 Å². The van der Waals surface area contributed by atoms with Gasteiger partial charge in [-0.25, -0.2) is 17.6 Å². The number of allylic oxidation sites excluding steroid dienone is 4. The number of alkyl halides is 6. The molecule has 0 aromatic carbocycles. The Morgan fingerprint density at radius 1 is 0.812 bits per heavy atom. The lowest BCUT2D eigenvalue weighted by Gasteiger charge is -2.31. The third-order valence-corrected chi connectivity index (χ3v) is 3.34. The summed E-state index contributed by atoms with van der Waals surface area (Å²) < 4.78 is 53.9. The topological polar surface area (TPSA) is 0 Å². The van der Waals surface area contributed by atoms with Crippen molar-refractivity contribution in [2.75, 3.05) is 0 Å². The summed E-state index contributed by atoms with van der Waals surface area (Å²) in [6.07, 6.45) is 0.710. The highest BCUT2D eigenvalue weighted by Gasteiger charge is 2.53. The molecule has 0 bridgehead atoms. The molecule has 0 radical (unpaired) electrons. The van der Waals surface area contributed by atoms with Crippen molar-refractivity contribution in [3.8, 4) is 0 Å². The summed E-state index contributed by atoms with van der Waals surface area (Å²) >= 11 is 20.6. The Morgan fingerprint density at radius 2 is 1.06 bits per heavy atom. The van der Waals surface area contributed by atoms with Crippen LogP contribution in [-0.2, 0) is 0 Å². The lowest BCUT2D eigenvalue weighted by molar-refractivity contribution is 0.179. The molecule has 92 valence electrons. The predicted molar refractivity (Wildman–Crippen MR) is 57.0 cm³/mol. The summed E-state index contributed by atoms with van der Waals surface area (Å²) in [6.45, 7) is 0. The van der Waals surface area contributed by atoms with Crippen molar-refractivity contribution in [3.63, 3.8) is 0 Å². The molecule has 1 rings (SSSR count). The van der Waals surface area contributed by atoms with E-state index in [4.69, 9.17) is 46.4 Å². The van der Waals surface area contributed by atoms with Gasteiger partial charge in [-0.15, -0.1) is 46.4 Å². The highest BCUT2D eigenvalue weighted by atomic mass is 35.5. The van der Waals surface area contributed by atoms with Crippen LogP contribution >= 0.6 is 46.4 Å². The molecule has 2 unspecified atom stereocenters. The van der Waals surface area contributed by atoms with Crippen molar-refractivity contribution in [1.29, 1.82) is 0 Å². The minimum Gasteiger partial charge on any atom is -0.228 e. The molecule has 2 atom stereocenters. The highest BCUT2D eigenvalue weighted by molar-refractivity contribution is 6.46. The van der Waals surface area contributed by atoms with E-state index < -0.39 is 32.7 Å². The van der Waals surface area contributed by atoms with Gasteiger partial charge in [-0.3, -0.25) is 0 Å². The first-order valence-corrected chi connectivity index (χ1v) is 5.61. The van der Waals surface area contributed by atoms with E-state index in [-0.39, 0.29) is 0 Å². The molecule has 0 aromatic rings. The van der Waals surface area contributed by atoms with Crippen LogP contribution in [0.15, 0.2) is 23.8 Å². The van der Waals surface area contributed by atoms with Gasteiger partial charge in [0.2, 0.25) is 11.3 Å². The highest BCUT2D eigenvalue weighted by Crippen LogP contribution is 2.47. The summed E-state index contributed by atoms with van der Waals surface area (Å²) in [7, 11) is 0. The zero-order valence-electron chi connectivity index (χ0n) is 7.33. The normalized spacial score (nSPS) is 35.4. The average Bonchev–Trinajstić information content (AvgIpc) is 2.20. The summed E-state index contributed by atoms with van der Waals surface area (Å²) in [6, 6.07) is 0. The molecule has 0 amide bonds. The number of hydrogen-bond donors (Lipinski definition) is 0. The predicted octanol–water partition coefficient (Wildman–Crippen LogP) is 4.73. The Bertz CT molecular complexity index is 322. The maximum atomic E-state index is 13.7. The lowest BCUT2D eigenvalue weighted by atomic mass is 9.91. The molecule has 0 heterocycles. The van der Waals surface area contributed by atoms with Gasteiger partial charge in [-0.05, 0) is 12.2 Å². The molecule has 0 saturated heterocycles. The molecule has 0 fully saturated rings. The van der Waals surface area contributed by atoms with Gasteiger partial charge in [0.1, 0.15) is 0 Å². The van der Waals surface area contributed by atoms with Crippen molar-refractivity contribution in [2.24, 2.45) is 0 Å². The zero-order chi connectivity index (χ0) is 12.7. The molecule has 16 heavy (non-hydrogen) atoms. The second-order valence-corrected chi connectivity index (χ2v) is 5.29. The van der Waals surface area contributed by atoms with E-state index in [0.717, 1.165) is 0 Å². The quantitative estimate of drug-likeness (QED) is 0.392. The number of hydrogen-bond acceptors (Lipinski definition) is 0. The Kier molecular flexibility index (Phi) is 4.11. The van der Waals surface area contributed by atoms with Gasteiger partial charge < -0.3 is 0 Å². The maximum Gasteiger partial charge on any atom is 0.212 e. The number of halogens is 8. The van der Waals surface area contributed by atoms with E-state index in [1.807, 2.05) is 0 Å². The largest absolute Gasteiger partial charge is 0.228 e. The smallest absolute Gasteiger partial charge is 0.212 e. The molecular weight excluding hydrogens is 314 g/mol. The van der Waals surface area contributed by atoms with E-state index in [2.05, 4.69) is 0 Å². The fourth-order valence-corrected chi connectivity index (χ4v) is 1.74. The van der Waals surface area contributed by atoms with E-state index in [1.54, 1.807) is 0 Å². The SMILES string of the molecule is FC1=C(F)C(F)(C(Cl)Cl)C=CC1(F)C(Cl)Cl. The van der Waals surface area contributed by atoms with E-state index >= 15 is 0 Å². The van der Waals surface area contributed by atoms with Gasteiger partial charge in [0.05, 0.1) is 0 Å². The van der Waals surface area contributed by atoms with Crippen molar-refractivity contribution >= 4 is 46.4 Å². The van der Waals surface area contributed by atoms with Crippen LogP contribution in [0.1, 0.15) is 0 Å².